The Balaban J connectivity index is 1.71. The molecule has 1 N–H and O–H groups in total. The molecule has 1 fully saturated rings. The third-order valence-electron chi connectivity index (χ3n) is 4.72. The number of carbonyl (C=O) groups is 1. The van der Waals surface area contributed by atoms with Gasteiger partial charge in [-0.05, 0) is 49.8 Å². The van der Waals surface area contributed by atoms with E-state index in [1.807, 2.05) is 36.2 Å². The number of aliphatic hydroxyl groups excluding tert-OH is 1. The first-order valence-electron chi connectivity index (χ1n) is 8.04. The molecule has 1 aromatic carbocycles. The first-order chi connectivity index (χ1) is 11.2. The van der Waals surface area contributed by atoms with Crippen LogP contribution in [0.1, 0.15) is 36.0 Å². The second-order valence-corrected chi connectivity index (χ2v) is 6.17. The molecule has 0 bridgehead atoms. The molecule has 23 heavy (non-hydrogen) atoms. The number of rotatable bonds is 4. The van der Waals surface area contributed by atoms with E-state index in [0.717, 1.165) is 31.4 Å². The minimum atomic E-state index is 0.0272. The van der Waals surface area contributed by atoms with Crippen molar-refractivity contribution in [3.63, 3.8) is 0 Å². The number of hydrogen-bond acceptors (Lipinski definition) is 4. The van der Waals surface area contributed by atoms with E-state index in [0.29, 0.717) is 11.5 Å². The molecule has 1 saturated carbocycles. The minimum absolute atomic E-state index is 0.0272. The molecule has 0 spiro atoms. The SMILES string of the molecule is CN(C(=O)c1cccc(-n2ccnn2)c1)C1CCC(CO)CC1. The molecule has 0 atom stereocenters. The summed E-state index contributed by atoms with van der Waals surface area (Å²) < 4.78 is 1.64. The van der Waals surface area contributed by atoms with Crippen LogP contribution in [0.15, 0.2) is 36.7 Å². The summed E-state index contributed by atoms with van der Waals surface area (Å²) in [5.41, 5.74) is 1.48. The maximum Gasteiger partial charge on any atom is 0.253 e. The number of amides is 1. The molecule has 1 amide bonds. The zero-order valence-corrected chi connectivity index (χ0v) is 13.3. The average molecular weight is 314 g/mol. The van der Waals surface area contributed by atoms with E-state index < -0.39 is 0 Å². The van der Waals surface area contributed by atoms with Crippen molar-refractivity contribution in [3.05, 3.63) is 42.2 Å². The van der Waals surface area contributed by atoms with E-state index >= 15 is 0 Å². The quantitative estimate of drug-likeness (QED) is 0.935. The average Bonchev–Trinajstić information content (AvgIpc) is 3.15. The summed E-state index contributed by atoms with van der Waals surface area (Å²) in [6.45, 7) is 0.254. The van der Waals surface area contributed by atoms with Crippen molar-refractivity contribution >= 4 is 5.91 Å². The molecule has 6 heteroatoms. The smallest absolute Gasteiger partial charge is 0.253 e. The normalized spacial score (nSPS) is 21.1. The molecular formula is C17H22N4O2. The summed E-state index contributed by atoms with van der Waals surface area (Å²) >= 11 is 0. The number of aliphatic hydroxyl groups is 1. The lowest BCUT2D eigenvalue weighted by molar-refractivity contribution is 0.0653. The van der Waals surface area contributed by atoms with Gasteiger partial charge >= 0.3 is 0 Å². The Bertz CT molecular complexity index is 648. The molecule has 0 unspecified atom stereocenters. The van der Waals surface area contributed by atoms with Crippen LogP contribution in [0, 0.1) is 5.92 Å². The van der Waals surface area contributed by atoms with Crippen molar-refractivity contribution in [1.82, 2.24) is 19.9 Å². The van der Waals surface area contributed by atoms with Crippen LogP contribution >= 0.6 is 0 Å². The van der Waals surface area contributed by atoms with Gasteiger partial charge in [-0.15, -0.1) is 5.10 Å². The summed E-state index contributed by atoms with van der Waals surface area (Å²) in [4.78, 5) is 14.6. The highest BCUT2D eigenvalue weighted by Crippen LogP contribution is 2.27. The molecule has 1 heterocycles. The van der Waals surface area contributed by atoms with Gasteiger partial charge in [0.25, 0.3) is 5.91 Å². The van der Waals surface area contributed by atoms with Gasteiger partial charge in [0.2, 0.25) is 0 Å². The van der Waals surface area contributed by atoms with Crippen molar-refractivity contribution in [2.45, 2.75) is 31.7 Å². The summed E-state index contributed by atoms with van der Waals surface area (Å²) in [5.74, 6) is 0.421. The van der Waals surface area contributed by atoms with E-state index in [1.54, 1.807) is 17.1 Å². The van der Waals surface area contributed by atoms with Crippen molar-refractivity contribution in [3.8, 4) is 5.69 Å². The molecule has 0 radical (unpaired) electrons. The van der Waals surface area contributed by atoms with Crippen LogP contribution in [0.2, 0.25) is 0 Å². The molecule has 1 aromatic heterocycles. The fourth-order valence-electron chi connectivity index (χ4n) is 3.21. The molecule has 6 nitrogen and oxygen atoms in total. The Labute approximate surface area is 135 Å². The lowest BCUT2D eigenvalue weighted by atomic mass is 9.86. The highest BCUT2D eigenvalue weighted by atomic mass is 16.3. The second kappa shape index (κ2) is 6.91. The third kappa shape index (κ3) is 3.42. The molecule has 0 saturated heterocycles. The lowest BCUT2D eigenvalue weighted by Gasteiger charge is -2.34. The Morgan fingerprint density at radius 3 is 2.78 bits per heavy atom. The van der Waals surface area contributed by atoms with E-state index in [4.69, 9.17) is 0 Å². The van der Waals surface area contributed by atoms with Gasteiger partial charge in [-0.1, -0.05) is 11.3 Å². The maximum atomic E-state index is 12.7. The Kier molecular flexibility index (Phi) is 4.71. The van der Waals surface area contributed by atoms with Gasteiger partial charge in [0.1, 0.15) is 0 Å². The van der Waals surface area contributed by atoms with Crippen LogP contribution < -0.4 is 0 Å². The Morgan fingerprint density at radius 2 is 2.13 bits per heavy atom. The predicted molar refractivity (Wildman–Crippen MR) is 86.3 cm³/mol. The molecule has 122 valence electrons. The van der Waals surface area contributed by atoms with E-state index in [9.17, 15) is 9.90 Å². The zero-order chi connectivity index (χ0) is 16.2. The molecular weight excluding hydrogens is 292 g/mol. The van der Waals surface area contributed by atoms with E-state index in [-0.39, 0.29) is 18.6 Å². The van der Waals surface area contributed by atoms with Crippen molar-refractivity contribution in [1.29, 1.82) is 0 Å². The van der Waals surface area contributed by atoms with Crippen LogP contribution in [0.25, 0.3) is 5.69 Å². The van der Waals surface area contributed by atoms with Crippen molar-refractivity contribution < 1.29 is 9.90 Å². The summed E-state index contributed by atoms with van der Waals surface area (Å²) in [7, 11) is 1.87. The number of benzene rings is 1. The van der Waals surface area contributed by atoms with Gasteiger partial charge < -0.3 is 10.0 Å². The fourth-order valence-corrected chi connectivity index (χ4v) is 3.21. The predicted octanol–water partition coefficient (Wildman–Crippen LogP) is 1.89. The topological polar surface area (TPSA) is 71.2 Å². The largest absolute Gasteiger partial charge is 0.396 e. The highest BCUT2D eigenvalue weighted by Gasteiger charge is 2.26. The van der Waals surface area contributed by atoms with Crippen LogP contribution in [0.5, 0.6) is 0 Å². The summed E-state index contributed by atoms with van der Waals surface area (Å²) in [6.07, 6.45) is 7.24. The molecule has 2 aromatic rings. The van der Waals surface area contributed by atoms with E-state index in [1.165, 1.54) is 0 Å². The molecule has 1 aliphatic rings. The van der Waals surface area contributed by atoms with Gasteiger partial charge in [-0.2, -0.15) is 0 Å². The zero-order valence-electron chi connectivity index (χ0n) is 13.3. The summed E-state index contributed by atoms with van der Waals surface area (Å²) in [6, 6.07) is 7.68. The van der Waals surface area contributed by atoms with Gasteiger partial charge in [-0.3, -0.25) is 4.79 Å². The molecule has 0 aliphatic heterocycles. The standard InChI is InChI=1S/C17H22N4O2/c1-20(15-7-5-13(12-22)6-8-15)17(23)14-3-2-4-16(11-14)21-10-9-18-19-21/h2-4,9-11,13,15,22H,5-8,12H2,1H3. The molecule has 1 aliphatic carbocycles. The third-order valence-corrected chi connectivity index (χ3v) is 4.72. The van der Waals surface area contributed by atoms with E-state index in [2.05, 4.69) is 10.3 Å². The number of nitrogens with zero attached hydrogens (tertiary/aromatic N) is 4. The Hall–Kier alpha value is -2.21. The fraction of sp³-hybridized carbons (Fsp3) is 0.471. The molecule has 3 rings (SSSR count). The Morgan fingerprint density at radius 1 is 1.35 bits per heavy atom. The monoisotopic (exact) mass is 314 g/mol. The van der Waals surface area contributed by atoms with Gasteiger partial charge in [-0.25, -0.2) is 4.68 Å². The van der Waals surface area contributed by atoms with Gasteiger partial charge in [0.15, 0.2) is 0 Å². The first-order valence-corrected chi connectivity index (χ1v) is 8.04. The van der Waals surface area contributed by atoms with Crippen LogP contribution in [0.4, 0.5) is 0 Å². The van der Waals surface area contributed by atoms with Crippen molar-refractivity contribution in [2.24, 2.45) is 5.92 Å². The highest BCUT2D eigenvalue weighted by molar-refractivity contribution is 5.94. The number of carbonyl (C=O) groups excluding carboxylic acids is 1. The van der Waals surface area contributed by atoms with Gasteiger partial charge in [0, 0.05) is 25.3 Å². The number of aromatic nitrogens is 3. The summed E-state index contributed by atoms with van der Waals surface area (Å²) in [5, 5.41) is 17.0. The van der Waals surface area contributed by atoms with Crippen LogP contribution in [-0.2, 0) is 0 Å². The lowest BCUT2D eigenvalue weighted by Crippen LogP contribution is -2.39. The number of hydrogen-bond donors (Lipinski definition) is 1. The first kappa shape index (κ1) is 15.7. The van der Waals surface area contributed by atoms with Crippen LogP contribution in [0.3, 0.4) is 0 Å². The second-order valence-electron chi connectivity index (χ2n) is 6.17. The van der Waals surface area contributed by atoms with Crippen LogP contribution in [-0.4, -0.2) is 50.6 Å². The maximum absolute atomic E-state index is 12.7. The minimum Gasteiger partial charge on any atom is -0.396 e. The van der Waals surface area contributed by atoms with Crippen molar-refractivity contribution in [2.75, 3.05) is 13.7 Å². The van der Waals surface area contributed by atoms with Gasteiger partial charge in [0.05, 0.1) is 18.1 Å².